The van der Waals surface area contributed by atoms with Gasteiger partial charge in [-0.15, -0.1) is 15.3 Å². The zero-order valence-electron chi connectivity index (χ0n) is 19.9. The van der Waals surface area contributed by atoms with Gasteiger partial charge >= 0.3 is 5.92 Å². The molecule has 0 atom stereocenters. The van der Waals surface area contributed by atoms with Crippen LogP contribution in [-0.4, -0.2) is 40.0 Å². The summed E-state index contributed by atoms with van der Waals surface area (Å²) < 4.78 is 32.1. The van der Waals surface area contributed by atoms with Crippen LogP contribution in [0.1, 0.15) is 68.0 Å². The van der Waals surface area contributed by atoms with Gasteiger partial charge < -0.3 is 0 Å². The average molecular weight is 491 g/mol. The number of aromatic nitrogens is 8. The van der Waals surface area contributed by atoms with Crippen molar-refractivity contribution in [2.45, 2.75) is 58.4 Å². The molecule has 0 bridgehead atoms. The van der Waals surface area contributed by atoms with E-state index in [1.54, 1.807) is 28.3 Å². The number of unbranched alkanes of at least 4 members (excludes halogenated alkanes) is 1. The molecule has 0 unspecified atom stereocenters. The van der Waals surface area contributed by atoms with Gasteiger partial charge in [-0.1, -0.05) is 32.4 Å². The Balaban J connectivity index is 1.68. The molecule has 0 aliphatic carbocycles. The number of tetrazole rings is 1. The average Bonchev–Trinajstić information content (AvgIpc) is 3.61. The van der Waals surface area contributed by atoms with E-state index >= 15 is 0 Å². The Kier molecular flexibility index (Phi) is 7.15. The maximum Gasteiger partial charge on any atom is 0.308 e. The first-order chi connectivity index (χ1) is 17.4. The minimum Gasteiger partial charge on any atom is -0.297 e. The van der Waals surface area contributed by atoms with Crippen molar-refractivity contribution >= 4 is 0 Å². The summed E-state index contributed by atoms with van der Waals surface area (Å²) in [5, 5.41) is 37.2. The number of H-pyrrole nitrogens is 1. The maximum absolute atomic E-state index is 14.5. The molecule has 0 aliphatic rings. The fourth-order valence-electron chi connectivity index (χ4n) is 3.95. The van der Waals surface area contributed by atoms with E-state index in [1.165, 1.54) is 6.07 Å². The van der Waals surface area contributed by atoms with Gasteiger partial charge in [0.15, 0.2) is 0 Å². The van der Waals surface area contributed by atoms with E-state index in [1.807, 2.05) is 19.1 Å². The molecule has 0 radical (unpaired) electrons. The molecule has 0 fully saturated rings. The SMILES string of the molecule is CCCCc1nc(C(F)(F)CCC)nn1Cc1ccc(-n2c(C#N)cc(C#N)c2-c2nn[nH]n2)cc1. The standard InChI is InChI=1S/C24H24F2N10/c1-3-5-6-20-29-23(24(25,26)11-4-2)32-35(20)15-16-7-9-18(10-8-16)36-19(14-28)12-17(13-27)21(36)22-30-33-34-31-22/h7-10,12H,3-6,11,15H2,1-2H3,(H,30,31,33,34). The van der Waals surface area contributed by atoms with Gasteiger partial charge in [0, 0.05) is 18.5 Å². The second kappa shape index (κ2) is 10.4. The van der Waals surface area contributed by atoms with Crippen molar-refractivity contribution in [2.75, 3.05) is 0 Å². The molecule has 1 aromatic carbocycles. The highest BCUT2D eigenvalue weighted by Crippen LogP contribution is 2.31. The van der Waals surface area contributed by atoms with Gasteiger partial charge in [-0.05, 0) is 41.8 Å². The minimum absolute atomic E-state index is 0.181. The molecule has 0 spiro atoms. The normalized spacial score (nSPS) is 11.4. The fraction of sp³-hybridized carbons (Fsp3) is 0.375. The third kappa shape index (κ3) is 4.84. The van der Waals surface area contributed by atoms with E-state index in [9.17, 15) is 19.3 Å². The summed E-state index contributed by atoms with van der Waals surface area (Å²) >= 11 is 0. The number of rotatable bonds is 10. The third-order valence-corrected chi connectivity index (χ3v) is 5.71. The molecule has 0 saturated carbocycles. The molecule has 4 rings (SSSR count). The van der Waals surface area contributed by atoms with Crippen LogP contribution in [0.3, 0.4) is 0 Å². The Hall–Kier alpha value is -4.45. The molecule has 36 heavy (non-hydrogen) atoms. The molecular formula is C24H24F2N10. The summed E-state index contributed by atoms with van der Waals surface area (Å²) in [6.07, 6.45) is 2.32. The lowest BCUT2D eigenvalue weighted by Gasteiger charge is -2.11. The monoisotopic (exact) mass is 490 g/mol. The number of halogens is 2. The van der Waals surface area contributed by atoms with E-state index in [2.05, 4.69) is 42.8 Å². The Morgan fingerprint density at radius 2 is 1.86 bits per heavy atom. The van der Waals surface area contributed by atoms with Crippen LogP contribution < -0.4 is 0 Å². The van der Waals surface area contributed by atoms with E-state index in [4.69, 9.17) is 0 Å². The number of nitrogens with zero attached hydrogens (tertiary/aromatic N) is 9. The Bertz CT molecular complexity index is 1400. The van der Waals surface area contributed by atoms with Gasteiger partial charge in [-0.2, -0.15) is 24.5 Å². The molecular weight excluding hydrogens is 466 g/mol. The number of aryl methyl sites for hydroxylation is 1. The number of hydrogen-bond donors (Lipinski definition) is 1. The quantitative estimate of drug-likeness (QED) is 0.350. The number of nitriles is 2. The first kappa shape index (κ1) is 24.7. The lowest BCUT2D eigenvalue weighted by atomic mass is 10.2. The zero-order chi connectivity index (χ0) is 25.7. The number of benzene rings is 1. The number of aromatic amines is 1. The largest absolute Gasteiger partial charge is 0.308 e. The highest BCUT2D eigenvalue weighted by Gasteiger charge is 2.36. The Labute approximate surface area is 206 Å². The van der Waals surface area contributed by atoms with Crippen LogP contribution in [0.4, 0.5) is 8.78 Å². The maximum atomic E-state index is 14.5. The predicted molar refractivity (Wildman–Crippen MR) is 125 cm³/mol. The summed E-state index contributed by atoms with van der Waals surface area (Å²) in [5.74, 6) is -2.80. The summed E-state index contributed by atoms with van der Waals surface area (Å²) in [7, 11) is 0. The van der Waals surface area contributed by atoms with Crippen molar-refractivity contribution in [2.24, 2.45) is 0 Å². The van der Waals surface area contributed by atoms with Gasteiger partial charge in [-0.25, -0.2) is 9.67 Å². The van der Waals surface area contributed by atoms with Crippen LogP contribution in [0.5, 0.6) is 0 Å². The van der Waals surface area contributed by atoms with Crippen molar-refractivity contribution in [3.63, 3.8) is 0 Å². The zero-order valence-corrected chi connectivity index (χ0v) is 19.9. The van der Waals surface area contributed by atoms with Gasteiger partial charge in [0.05, 0.1) is 12.1 Å². The van der Waals surface area contributed by atoms with Gasteiger partial charge in [0.2, 0.25) is 11.6 Å². The first-order valence-electron chi connectivity index (χ1n) is 11.6. The molecule has 184 valence electrons. The third-order valence-electron chi connectivity index (χ3n) is 5.71. The van der Waals surface area contributed by atoms with E-state index in [0.29, 0.717) is 30.0 Å². The second-order valence-electron chi connectivity index (χ2n) is 8.32. The number of nitrogens with one attached hydrogen (secondary N) is 1. The number of alkyl halides is 2. The van der Waals surface area contributed by atoms with Crippen molar-refractivity contribution in [1.29, 1.82) is 10.5 Å². The van der Waals surface area contributed by atoms with Crippen LogP contribution in [0.25, 0.3) is 17.2 Å². The van der Waals surface area contributed by atoms with E-state index < -0.39 is 11.7 Å². The first-order valence-corrected chi connectivity index (χ1v) is 11.6. The molecule has 3 heterocycles. The van der Waals surface area contributed by atoms with Gasteiger partial charge in [0.1, 0.15) is 29.4 Å². The van der Waals surface area contributed by atoms with Gasteiger partial charge in [0.25, 0.3) is 0 Å². The summed E-state index contributed by atoms with van der Waals surface area (Å²) in [6, 6.07) is 12.8. The van der Waals surface area contributed by atoms with Crippen LogP contribution in [0.2, 0.25) is 0 Å². The molecule has 4 aromatic rings. The van der Waals surface area contributed by atoms with Crippen LogP contribution >= 0.6 is 0 Å². The molecule has 0 saturated heterocycles. The lowest BCUT2D eigenvalue weighted by Crippen LogP contribution is -2.15. The predicted octanol–water partition coefficient (Wildman–Crippen LogP) is 4.28. The van der Waals surface area contributed by atoms with Crippen molar-refractivity contribution in [3.05, 3.63) is 58.8 Å². The molecule has 0 aliphatic heterocycles. The highest BCUT2D eigenvalue weighted by molar-refractivity contribution is 5.67. The van der Waals surface area contributed by atoms with Crippen molar-refractivity contribution < 1.29 is 8.78 Å². The molecule has 1 N–H and O–H groups in total. The van der Waals surface area contributed by atoms with Crippen molar-refractivity contribution in [3.8, 4) is 29.3 Å². The molecule has 10 nitrogen and oxygen atoms in total. The molecule has 0 amide bonds. The second-order valence-corrected chi connectivity index (χ2v) is 8.32. The number of hydrogen-bond acceptors (Lipinski definition) is 7. The summed E-state index contributed by atoms with van der Waals surface area (Å²) in [5.41, 5.74) is 2.24. The van der Waals surface area contributed by atoms with E-state index in [-0.39, 0.29) is 30.0 Å². The Morgan fingerprint density at radius 3 is 2.47 bits per heavy atom. The summed E-state index contributed by atoms with van der Waals surface area (Å²) in [4.78, 5) is 4.18. The smallest absolute Gasteiger partial charge is 0.297 e. The lowest BCUT2D eigenvalue weighted by molar-refractivity contribution is -0.0232. The topological polar surface area (TPSA) is 138 Å². The Morgan fingerprint density at radius 1 is 1.08 bits per heavy atom. The molecule has 3 aromatic heterocycles. The fourth-order valence-corrected chi connectivity index (χ4v) is 3.95. The summed E-state index contributed by atoms with van der Waals surface area (Å²) in [6.45, 7) is 4.01. The minimum atomic E-state index is -3.07. The van der Waals surface area contributed by atoms with E-state index in [0.717, 1.165) is 18.4 Å². The van der Waals surface area contributed by atoms with Crippen LogP contribution in [0.15, 0.2) is 30.3 Å². The molecule has 12 heteroatoms. The van der Waals surface area contributed by atoms with Crippen LogP contribution in [-0.2, 0) is 18.9 Å². The van der Waals surface area contributed by atoms with Crippen molar-refractivity contribution in [1.82, 2.24) is 40.0 Å². The van der Waals surface area contributed by atoms with Gasteiger partial charge in [-0.3, -0.25) is 4.57 Å². The van der Waals surface area contributed by atoms with Crippen LogP contribution in [0, 0.1) is 22.7 Å². The highest BCUT2D eigenvalue weighted by atomic mass is 19.3.